The summed E-state index contributed by atoms with van der Waals surface area (Å²) < 4.78 is 5.40. The summed E-state index contributed by atoms with van der Waals surface area (Å²) in [6.45, 7) is 0.935. The Labute approximate surface area is 93.2 Å². The molecule has 2 heterocycles. The van der Waals surface area contributed by atoms with Gasteiger partial charge in [0.1, 0.15) is 6.26 Å². The molecule has 3 nitrogen and oxygen atoms in total. The van der Waals surface area contributed by atoms with Crippen LogP contribution in [0.4, 0.5) is 0 Å². The SMILES string of the molecule is CNCCc1coc(Cc2cccs2)n1. The maximum absolute atomic E-state index is 5.40. The first-order valence-electron chi connectivity index (χ1n) is 4.99. The third kappa shape index (κ3) is 2.91. The van der Waals surface area contributed by atoms with Crippen LogP contribution in [0.2, 0.25) is 0 Å². The van der Waals surface area contributed by atoms with Crippen LogP contribution in [-0.2, 0) is 12.8 Å². The van der Waals surface area contributed by atoms with Crippen LogP contribution in [-0.4, -0.2) is 18.6 Å². The summed E-state index contributed by atoms with van der Waals surface area (Å²) in [5.41, 5.74) is 1.02. The molecule has 0 aliphatic rings. The number of oxazole rings is 1. The van der Waals surface area contributed by atoms with Gasteiger partial charge >= 0.3 is 0 Å². The van der Waals surface area contributed by atoms with Crippen molar-refractivity contribution in [3.63, 3.8) is 0 Å². The molecular weight excluding hydrogens is 208 g/mol. The molecule has 0 aliphatic carbocycles. The Morgan fingerprint density at radius 1 is 1.53 bits per heavy atom. The first kappa shape index (κ1) is 10.4. The third-order valence-corrected chi connectivity index (χ3v) is 3.01. The Hall–Kier alpha value is -1.13. The van der Waals surface area contributed by atoms with Gasteiger partial charge in [-0.3, -0.25) is 0 Å². The van der Waals surface area contributed by atoms with E-state index in [9.17, 15) is 0 Å². The number of nitrogens with one attached hydrogen (secondary N) is 1. The average molecular weight is 222 g/mol. The topological polar surface area (TPSA) is 38.1 Å². The van der Waals surface area contributed by atoms with Gasteiger partial charge in [-0.05, 0) is 18.5 Å². The van der Waals surface area contributed by atoms with Crippen molar-refractivity contribution < 1.29 is 4.42 Å². The predicted octanol–water partition coefficient (Wildman–Crippen LogP) is 2.09. The zero-order valence-electron chi connectivity index (χ0n) is 8.69. The fourth-order valence-electron chi connectivity index (χ4n) is 1.36. The number of thiophene rings is 1. The summed E-state index contributed by atoms with van der Waals surface area (Å²) in [7, 11) is 1.94. The number of likely N-dealkylation sites (N-methyl/N-ethyl adjacent to an activating group) is 1. The van der Waals surface area contributed by atoms with Crippen molar-refractivity contribution in [1.82, 2.24) is 10.3 Å². The Balaban J connectivity index is 1.95. The van der Waals surface area contributed by atoms with Crippen molar-refractivity contribution in [2.75, 3.05) is 13.6 Å². The Bertz CT molecular complexity index is 394. The van der Waals surface area contributed by atoms with Gasteiger partial charge in [-0.25, -0.2) is 4.98 Å². The van der Waals surface area contributed by atoms with Crippen molar-refractivity contribution in [2.45, 2.75) is 12.8 Å². The van der Waals surface area contributed by atoms with E-state index in [0.717, 1.165) is 31.0 Å². The molecule has 2 aromatic heterocycles. The van der Waals surface area contributed by atoms with Gasteiger partial charge in [0.2, 0.25) is 0 Å². The van der Waals surface area contributed by atoms with Crippen LogP contribution in [0.15, 0.2) is 28.2 Å². The highest BCUT2D eigenvalue weighted by molar-refractivity contribution is 7.09. The van der Waals surface area contributed by atoms with Crippen molar-refractivity contribution in [3.05, 3.63) is 40.2 Å². The minimum absolute atomic E-state index is 0.803. The highest BCUT2D eigenvalue weighted by Crippen LogP contribution is 2.14. The highest BCUT2D eigenvalue weighted by Gasteiger charge is 2.05. The molecule has 1 N–H and O–H groups in total. The zero-order valence-corrected chi connectivity index (χ0v) is 9.51. The molecule has 4 heteroatoms. The Kier molecular flexibility index (Phi) is 3.53. The molecular formula is C11H14N2OS. The van der Waals surface area contributed by atoms with E-state index in [1.807, 2.05) is 13.1 Å². The molecule has 2 aromatic rings. The summed E-state index contributed by atoms with van der Waals surface area (Å²) in [6, 6.07) is 4.15. The van der Waals surface area contributed by atoms with Gasteiger partial charge in [-0.15, -0.1) is 11.3 Å². The summed E-state index contributed by atoms with van der Waals surface area (Å²) in [4.78, 5) is 5.71. The van der Waals surface area contributed by atoms with Crippen LogP contribution < -0.4 is 5.32 Å². The molecule has 0 aromatic carbocycles. The van der Waals surface area contributed by atoms with Gasteiger partial charge in [-0.2, -0.15) is 0 Å². The van der Waals surface area contributed by atoms with E-state index in [-0.39, 0.29) is 0 Å². The van der Waals surface area contributed by atoms with Crippen LogP contribution in [0.3, 0.4) is 0 Å². The van der Waals surface area contributed by atoms with Crippen LogP contribution in [0, 0.1) is 0 Å². The van der Waals surface area contributed by atoms with Crippen molar-refractivity contribution in [2.24, 2.45) is 0 Å². The predicted molar refractivity (Wildman–Crippen MR) is 61.3 cm³/mol. The lowest BCUT2D eigenvalue weighted by Gasteiger charge is -1.92. The molecule has 0 fully saturated rings. The second-order valence-corrected chi connectivity index (χ2v) is 4.37. The summed E-state index contributed by atoms with van der Waals surface area (Å²) >= 11 is 1.73. The van der Waals surface area contributed by atoms with Crippen molar-refractivity contribution >= 4 is 11.3 Å². The van der Waals surface area contributed by atoms with Crippen molar-refractivity contribution in [3.8, 4) is 0 Å². The second kappa shape index (κ2) is 5.09. The molecule has 0 spiro atoms. The Morgan fingerprint density at radius 3 is 3.20 bits per heavy atom. The smallest absolute Gasteiger partial charge is 0.199 e. The maximum Gasteiger partial charge on any atom is 0.199 e. The molecule has 2 rings (SSSR count). The Morgan fingerprint density at radius 2 is 2.47 bits per heavy atom. The first-order valence-corrected chi connectivity index (χ1v) is 5.86. The molecule has 0 bridgehead atoms. The van der Waals surface area contributed by atoms with E-state index < -0.39 is 0 Å². The monoisotopic (exact) mass is 222 g/mol. The minimum atomic E-state index is 0.803. The van der Waals surface area contributed by atoms with Gasteiger partial charge in [0.15, 0.2) is 5.89 Å². The summed E-state index contributed by atoms with van der Waals surface area (Å²) in [5.74, 6) is 0.809. The van der Waals surface area contributed by atoms with Crippen LogP contribution in [0.25, 0.3) is 0 Å². The van der Waals surface area contributed by atoms with Crippen LogP contribution in [0.1, 0.15) is 16.5 Å². The van der Waals surface area contributed by atoms with Crippen LogP contribution in [0.5, 0.6) is 0 Å². The number of hydrogen-bond acceptors (Lipinski definition) is 4. The largest absolute Gasteiger partial charge is 0.448 e. The number of rotatable bonds is 5. The summed E-state index contributed by atoms with van der Waals surface area (Å²) in [5, 5.41) is 5.16. The van der Waals surface area contributed by atoms with E-state index in [2.05, 4.69) is 21.7 Å². The zero-order chi connectivity index (χ0) is 10.5. The highest BCUT2D eigenvalue weighted by atomic mass is 32.1. The number of hydrogen-bond donors (Lipinski definition) is 1. The van der Waals surface area contributed by atoms with E-state index in [1.165, 1.54) is 4.88 Å². The van der Waals surface area contributed by atoms with Crippen molar-refractivity contribution in [1.29, 1.82) is 0 Å². The lowest BCUT2D eigenvalue weighted by Crippen LogP contribution is -2.10. The quantitative estimate of drug-likeness (QED) is 0.841. The minimum Gasteiger partial charge on any atom is -0.448 e. The van der Waals surface area contributed by atoms with Crippen LogP contribution >= 0.6 is 11.3 Å². The van der Waals surface area contributed by atoms with Gasteiger partial charge in [-0.1, -0.05) is 6.07 Å². The number of nitrogens with zero attached hydrogens (tertiary/aromatic N) is 1. The lowest BCUT2D eigenvalue weighted by atomic mass is 10.3. The molecule has 0 aliphatic heterocycles. The molecule has 80 valence electrons. The molecule has 0 saturated heterocycles. The fourth-order valence-corrected chi connectivity index (χ4v) is 2.06. The first-order chi connectivity index (χ1) is 7.38. The van der Waals surface area contributed by atoms with E-state index in [4.69, 9.17) is 4.42 Å². The molecule has 0 radical (unpaired) electrons. The van der Waals surface area contributed by atoms with Gasteiger partial charge < -0.3 is 9.73 Å². The third-order valence-electron chi connectivity index (χ3n) is 2.14. The molecule has 15 heavy (non-hydrogen) atoms. The van der Waals surface area contributed by atoms with E-state index in [1.54, 1.807) is 17.6 Å². The molecule has 0 amide bonds. The summed E-state index contributed by atoms with van der Waals surface area (Å²) in [6.07, 6.45) is 3.47. The van der Waals surface area contributed by atoms with Gasteiger partial charge in [0.05, 0.1) is 12.1 Å². The average Bonchev–Trinajstić information content (AvgIpc) is 2.87. The normalized spacial score (nSPS) is 10.7. The lowest BCUT2D eigenvalue weighted by molar-refractivity contribution is 0.507. The fraction of sp³-hybridized carbons (Fsp3) is 0.364. The number of aromatic nitrogens is 1. The maximum atomic E-state index is 5.40. The van der Waals surface area contributed by atoms with Gasteiger partial charge in [0, 0.05) is 17.8 Å². The standard InChI is InChI=1S/C11H14N2OS/c1-12-5-4-9-8-14-11(13-9)7-10-3-2-6-15-10/h2-3,6,8,12H,4-5,7H2,1H3. The molecule has 0 unspecified atom stereocenters. The van der Waals surface area contributed by atoms with Gasteiger partial charge in [0.25, 0.3) is 0 Å². The van der Waals surface area contributed by atoms with E-state index >= 15 is 0 Å². The molecule has 0 saturated carbocycles. The van der Waals surface area contributed by atoms with E-state index in [0.29, 0.717) is 0 Å². The second-order valence-electron chi connectivity index (χ2n) is 3.34. The molecule has 0 atom stereocenters.